The van der Waals surface area contributed by atoms with Crippen molar-refractivity contribution in [1.29, 1.82) is 0 Å². The smallest absolute Gasteiger partial charge is 0.255 e. The maximum absolute atomic E-state index is 12.0. The fourth-order valence-electron chi connectivity index (χ4n) is 1.73. The molecular weight excluding hydrogens is 246 g/mol. The molecule has 0 heterocycles. The number of ether oxygens (including phenoxy) is 2. The summed E-state index contributed by atoms with van der Waals surface area (Å²) in [5.41, 5.74) is 0.394. The molecule has 0 spiro atoms. The number of benzene rings is 1. The quantitative estimate of drug-likeness (QED) is 0.787. The van der Waals surface area contributed by atoms with Crippen LogP contribution in [0.5, 0.6) is 11.5 Å². The van der Waals surface area contributed by atoms with Gasteiger partial charge in [0.1, 0.15) is 11.5 Å². The third kappa shape index (κ3) is 4.44. The molecule has 1 aromatic rings. The van der Waals surface area contributed by atoms with Gasteiger partial charge < -0.3 is 19.9 Å². The van der Waals surface area contributed by atoms with Crippen molar-refractivity contribution in [2.75, 3.05) is 20.8 Å². The number of hydrogen-bond donors (Lipinski definition) is 2. The fraction of sp³-hybridized carbons (Fsp3) is 0.500. The van der Waals surface area contributed by atoms with Gasteiger partial charge in [0, 0.05) is 6.54 Å². The summed E-state index contributed by atoms with van der Waals surface area (Å²) >= 11 is 0. The number of carbonyl (C=O) groups is 1. The second-order valence-electron chi connectivity index (χ2n) is 4.22. The highest BCUT2D eigenvalue weighted by atomic mass is 16.5. The van der Waals surface area contributed by atoms with Gasteiger partial charge in [-0.3, -0.25) is 4.79 Å². The average Bonchev–Trinajstić information content (AvgIpc) is 2.44. The number of nitrogens with one attached hydrogen (secondary N) is 1. The van der Waals surface area contributed by atoms with Crippen molar-refractivity contribution < 1.29 is 19.4 Å². The largest absolute Gasteiger partial charge is 0.497 e. The maximum atomic E-state index is 12.0. The maximum Gasteiger partial charge on any atom is 0.255 e. The molecule has 1 rings (SSSR count). The summed E-state index contributed by atoms with van der Waals surface area (Å²) in [6.07, 6.45) is 1.01. The Kier molecular flexibility index (Phi) is 6.15. The van der Waals surface area contributed by atoms with Crippen molar-refractivity contribution >= 4 is 5.91 Å². The molecule has 5 heteroatoms. The molecule has 106 valence electrons. The van der Waals surface area contributed by atoms with Crippen LogP contribution in [0, 0.1) is 0 Å². The highest BCUT2D eigenvalue weighted by molar-refractivity contribution is 5.97. The van der Waals surface area contributed by atoms with E-state index in [4.69, 9.17) is 9.47 Å². The zero-order valence-electron chi connectivity index (χ0n) is 11.6. The molecule has 0 aliphatic rings. The number of aliphatic hydroxyl groups excluding tert-OH is 1. The van der Waals surface area contributed by atoms with E-state index in [0.717, 1.165) is 6.42 Å². The summed E-state index contributed by atoms with van der Waals surface area (Å²) in [7, 11) is 3.04. The van der Waals surface area contributed by atoms with E-state index < -0.39 is 6.10 Å². The summed E-state index contributed by atoms with van der Waals surface area (Å²) in [6.45, 7) is 2.21. The van der Waals surface area contributed by atoms with Crippen LogP contribution < -0.4 is 14.8 Å². The van der Waals surface area contributed by atoms with Gasteiger partial charge >= 0.3 is 0 Å². The zero-order chi connectivity index (χ0) is 14.3. The lowest BCUT2D eigenvalue weighted by Crippen LogP contribution is -2.32. The number of rotatable bonds is 7. The Bertz CT molecular complexity index is 420. The Hall–Kier alpha value is -1.75. The number of methoxy groups -OCH3 is 2. The van der Waals surface area contributed by atoms with Gasteiger partial charge in [-0.15, -0.1) is 0 Å². The highest BCUT2D eigenvalue weighted by Crippen LogP contribution is 2.23. The molecule has 0 saturated heterocycles. The van der Waals surface area contributed by atoms with Crippen LogP contribution in [0.4, 0.5) is 0 Å². The van der Waals surface area contributed by atoms with Crippen molar-refractivity contribution in [3.05, 3.63) is 23.8 Å². The molecule has 0 radical (unpaired) electrons. The Morgan fingerprint density at radius 1 is 1.37 bits per heavy atom. The first-order valence-electron chi connectivity index (χ1n) is 6.30. The average molecular weight is 267 g/mol. The lowest BCUT2D eigenvalue weighted by molar-refractivity contribution is 0.0907. The number of aliphatic hydroxyl groups is 1. The van der Waals surface area contributed by atoms with Crippen LogP contribution in [-0.4, -0.2) is 37.9 Å². The van der Waals surface area contributed by atoms with E-state index >= 15 is 0 Å². The topological polar surface area (TPSA) is 67.8 Å². The SMILES string of the molecule is CCCC(O)CNC(=O)c1cc(OC)ccc1OC. The third-order valence-electron chi connectivity index (χ3n) is 2.77. The summed E-state index contributed by atoms with van der Waals surface area (Å²) in [5, 5.41) is 12.3. The molecule has 1 aromatic carbocycles. The highest BCUT2D eigenvalue weighted by Gasteiger charge is 2.14. The van der Waals surface area contributed by atoms with Crippen molar-refractivity contribution in [2.24, 2.45) is 0 Å². The number of hydrogen-bond acceptors (Lipinski definition) is 4. The molecule has 0 aliphatic heterocycles. The minimum absolute atomic E-state index is 0.229. The molecule has 1 unspecified atom stereocenters. The molecule has 2 N–H and O–H groups in total. The molecule has 1 amide bonds. The Labute approximate surface area is 113 Å². The van der Waals surface area contributed by atoms with Gasteiger partial charge in [-0.05, 0) is 24.6 Å². The van der Waals surface area contributed by atoms with E-state index in [2.05, 4.69) is 5.32 Å². The first-order valence-corrected chi connectivity index (χ1v) is 6.30. The van der Waals surface area contributed by atoms with E-state index in [1.807, 2.05) is 6.92 Å². The molecule has 5 nitrogen and oxygen atoms in total. The van der Waals surface area contributed by atoms with Gasteiger partial charge in [-0.2, -0.15) is 0 Å². The summed E-state index contributed by atoms with van der Waals surface area (Å²) < 4.78 is 10.2. The molecule has 0 fully saturated rings. The van der Waals surface area contributed by atoms with Crippen LogP contribution in [0.25, 0.3) is 0 Å². The minimum Gasteiger partial charge on any atom is -0.497 e. The molecule has 0 saturated carbocycles. The molecule has 1 atom stereocenters. The Morgan fingerprint density at radius 2 is 2.11 bits per heavy atom. The minimum atomic E-state index is -0.523. The molecular formula is C14H21NO4. The van der Waals surface area contributed by atoms with E-state index in [9.17, 15) is 9.90 Å². The molecule has 0 bridgehead atoms. The van der Waals surface area contributed by atoms with Crippen LogP contribution >= 0.6 is 0 Å². The second-order valence-corrected chi connectivity index (χ2v) is 4.22. The standard InChI is InChI=1S/C14H21NO4/c1-4-5-10(16)9-15-14(17)12-8-11(18-2)6-7-13(12)19-3/h6-8,10,16H,4-5,9H2,1-3H3,(H,15,17). The first-order chi connectivity index (χ1) is 9.12. The van der Waals surface area contributed by atoms with Crippen LogP contribution in [-0.2, 0) is 0 Å². The molecule has 0 aliphatic carbocycles. The predicted octanol–water partition coefficient (Wildman–Crippen LogP) is 1.59. The molecule has 0 aromatic heterocycles. The van der Waals surface area contributed by atoms with Gasteiger partial charge in [0.2, 0.25) is 0 Å². The van der Waals surface area contributed by atoms with E-state index in [1.165, 1.54) is 14.2 Å². The predicted molar refractivity (Wildman–Crippen MR) is 72.8 cm³/mol. The van der Waals surface area contributed by atoms with Crippen LogP contribution in [0.2, 0.25) is 0 Å². The number of amides is 1. The summed E-state index contributed by atoms with van der Waals surface area (Å²) in [5.74, 6) is 0.772. The van der Waals surface area contributed by atoms with Crippen molar-refractivity contribution in [3.8, 4) is 11.5 Å². The number of carbonyl (C=O) groups excluding carboxylic acids is 1. The normalized spacial score (nSPS) is 11.8. The monoisotopic (exact) mass is 267 g/mol. The lowest BCUT2D eigenvalue weighted by Gasteiger charge is -2.13. The van der Waals surface area contributed by atoms with Gasteiger partial charge in [0.05, 0.1) is 25.9 Å². The Morgan fingerprint density at radius 3 is 2.68 bits per heavy atom. The van der Waals surface area contributed by atoms with Crippen LogP contribution in [0.1, 0.15) is 30.1 Å². The van der Waals surface area contributed by atoms with E-state index in [-0.39, 0.29) is 12.5 Å². The molecule has 19 heavy (non-hydrogen) atoms. The lowest BCUT2D eigenvalue weighted by atomic mass is 10.1. The van der Waals surface area contributed by atoms with Gasteiger partial charge in [-0.1, -0.05) is 13.3 Å². The van der Waals surface area contributed by atoms with Crippen LogP contribution in [0.3, 0.4) is 0 Å². The zero-order valence-corrected chi connectivity index (χ0v) is 11.6. The summed E-state index contributed by atoms with van der Waals surface area (Å²) in [6, 6.07) is 5.01. The second kappa shape index (κ2) is 7.63. The summed E-state index contributed by atoms with van der Waals surface area (Å²) in [4.78, 5) is 12.0. The van der Waals surface area contributed by atoms with Gasteiger partial charge in [0.25, 0.3) is 5.91 Å². The Balaban J connectivity index is 2.74. The van der Waals surface area contributed by atoms with Crippen molar-refractivity contribution in [2.45, 2.75) is 25.9 Å². The van der Waals surface area contributed by atoms with E-state index in [1.54, 1.807) is 18.2 Å². The van der Waals surface area contributed by atoms with Crippen LogP contribution in [0.15, 0.2) is 18.2 Å². The van der Waals surface area contributed by atoms with Gasteiger partial charge in [-0.25, -0.2) is 0 Å². The fourth-order valence-corrected chi connectivity index (χ4v) is 1.73. The van der Waals surface area contributed by atoms with Crippen molar-refractivity contribution in [3.63, 3.8) is 0 Å². The van der Waals surface area contributed by atoms with Gasteiger partial charge in [0.15, 0.2) is 0 Å². The van der Waals surface area contributed by atoms with Crippen molar-refractivity contribution in [1.82, 2.24) is 5.32 Å². The third-order valence-corrected chi connectivity index (χ3v) is 2.77. The first kappa shape index (κ1) is 15.3. The van der Waals surface area contributed by atoms with E-state index in [0.29, 0.717) is 23.5 Å².